The Morgan fingerprint density at radius 1 is 1.31 bits per heavy atom. The zero-order valence-corrected chi connectivity index (χ0v) is 9.37. The van der Waals surface area contributed by atoms with Crippen LogP contribution in [0.25, 0.3) is 0 Å². The maximum Gasteiger partial charge on any atom is 0.223 e. The van der Waals surface area contributed by atoms with Crippen LogP contribution < -0.4 is 10.2 Å². The van der Waals surface area contributed by atoms with Gasteiger partial charge in [-0.05, 0) is 18.2 Å². The molecule has 0 fully saturated rings. The molecule has 0 bridgehead atoms. The summed E-state index contributed by atoms with van der Waals surface area (Å²) in [6.07, 6.45) is 0. The van der Waals surface area contributed by atoms with Gasteiger partial charge in [-0.3, -0.25) is 9.59 Å². The molecule has 4 nitrogen and oxygen atoms in total. The van der Waals surface area contributed by atoms with Gasteiger partial charge in [0.2, 0.25) is 11.8 Å². The van der Waals surface area contributed by atoms with Crippen molar-refractivity contribution in [3.8, 4) is 0 Å². The van der Waals surface area contributed by atoms with Gasteiger partial charge in [0.05, 0.1) is 5.69 Å². The molecule has 0 radical (unpaired) electrons. The topological polar surface area (TPSA) is 49.4 Å². The lowest BCUT2D eigenvalue weighted by atomic mass is 10.2. The Kier molecular flexibility index (Phi) is 3.60. The molecule has 0 heterocycles. The fraction of sp³-hybridized carbons (Fsp3) is 0.273. The summed E-state index contributed by atoms with van der Waals surface area (Å²) in [7, 11) is 1.48. The Hall–Kier alpha value is -1.91. The number of nitrogens with one attached hydrogen (secondary N) is 1. The molecule has 0 aliphatic heterocycles. The third-order valence-electron chi connectivity index (χ3n) is 2.10. The highest BCUT2D eigenvalue weighted by molar-refractivity contribution is 5.92. The highest BCUT2D eigenvalue weighted by Crippen LogP contribution is 2.21. The number of amides is 2. The predicted molar refractivity (Wildman–Crippen MR) is 59.8 cm³/mol. The SMILES string of the molecule is CC(=O)Nc1ccc(N(C)C(C)=O)c(F)c1. The molecule has 86 valence electrons. The maximum absolute atomic E-state index is 13.6. The summed E-state index contributed by atoms with van der Waals surface area (Å²) in [5.74, 6) is -1.08. The molecule has 1 aromatic carbocycles. The Morgan fingerprint density at radius 2 is 1.94 bits per heavy atom. The van der Waals surface area contributed by atoms with E-state index in [0.717, 1.165) is 0 Å². The van der Waals surface area contributed by atoms with Gasteiger partial charge in [0.15, 0.2) is 0 Å². The van der Waals surface area contributed by atoms with Crippen molar-refractivity contribution in [2.24, 2.45) is 0 Å². The molecule has 0 aliphatic rings. The zero-order valence-electron chi connectivity index (χ0n) is 9.37. The maximum atomic E-state index is 13.6. The Morgan fingerprint density at radius 3 is 2.38 bits per heavy atom. The minimum absolute atomic E-state index is 0.182. The van der Waals surface area contributed by atoms with Crippen LogP contribution in [0.1, 0.15) is 13.8 Å². The van der Waals surface area contributed by atoms with Gasteiger partial charge in [-0.25, -0.2) is 4.39 Å². The van der Waals surface area contributed by atoms with Gasteiger partial charge < -0.3 is 10.2 Å². The first-order valence-electron chi connectivity index (χ1n) is 4.73. The van der Waals surface area contributed by atoms with Crippen molar-refractivity contribution in [1.82, 2.24) is 0 Å². The van der Waals surface area contributed by atoms with Gasteiger partial charge >= 0.3 is 0 Å². The summed E-state index contributed by atoms with van der Waals surface area (Å²) in [5, 5.41) is 2.46. The van der Waals surface area contributed by atoms with Gasteiger partial charge in [-0.1, -0.05) is 0 Å². The Balaban J connectivity index is 3.00. The van der Waals surface area contributed by atoms with Crippen LogP contribution in [-0.4, -0.2) is 18.9 Å². The average molecular weight is 224 g/mol. The number of hydrogen-bond acceptors (Lipinski definition) is 2. The summed E-state index contributed by atoms with van der Waals surface area (Å²) in [5.41, 5.74) is 0.548. The lowest BCUT2D eigenvalue weighted by Gasteiger charge is -2.16. The van der Waals surface area contributed by atoms with Crippen molar-refractivity contribution in [2.45, 2.75) is 13.8 Å². The van der Waals surface area contributed by atoms with Crippen molar-refractivity contribution in [3.63, 3.8) is 0 Å². The van der Waals surface area contributed by atoms with Crippen molar-refractivity contribution in [3.05, 3.63) is 24.0 Å². The highest BCUT2D eigenvalue weighted by Gasteiger charge is 2.11. The lowest BCUT2D eigenvalue weighted by Crippen LogP contribution is -2.23. The fourth-order valence-electron chi connectivity index (χ4n) is 1.23. The quantitative estimate of drug-likeness (QED) is 0.832. The number of carbonyl (C=O) groups excluding carboxylic acids is 2. The van der Waals surface area contributed by atoms with Crippen LogP contribution in [0.2, 0.25) is 0 Å². The molecule has 16 heavy (non-hydrogen) atoms. The molecule has 0 atom stereocenters. The summed E-state index contributed by atoms with van der Waals surface area (Å²) < 4.78 is 13.6. The normalized spacial score (nSPS) is 9.75. The predicted octanol–water partition coefficient (Wildman–Crippen LogP) is 1.77. The van der Waals surface area contributed by atoms with Crippen molar-refractivity contribution < 1.29 is 14.0 Å². The van der Waals surface area contributed by atoms with Crippen LogP contribution in [0.5, 0.6) is 0 Å². The molecule has 0 saturated heterocycles. The summed E-state index contributed by atoms with van der Waals surface area (Å²) in [4.78, 5) is 23.0. The molecule has 1 rings (SSSR count). The van der Waals surface area contributed by atoms with Gasteiger partial charge in [-0.15, -0.1) is 0 Å². The number of halogens is 1. The molecule has 1 N–H and O–H groups in total. The van der Waals surface area contributed by atoms with E-state index in [1.54, 1.807) is 6.07 Å². The summed E-state index contributed by atoms with van der Waals surface area (Å²) in [6.45, 7) is 2.69. The van der Waals surface area contributed by atoms with Gasteiger partial charge in [-0.2, -0.15) is 0 Å². The minimum Gasteiger partial charge on any atom is -0.326 e. The first kappa shape index (κ1) is 12.2. The molecule has 0 aromatic heterocycles. The summed E-state index contributed by atoms with van der Waals surface area (Å²) >= 11 is 0. The van der Waals surface area contributed by atoms with Crippen LogP contribution in [0.15, 0.2) is 18.2 Å². The van der Waals surface area contributed by atoms with E-state index in [4.69, 9.17) is 0 Å². The first-order valence-corrected chi connectivity index (χ1v) is 4.73. The van der Waals surface area contributed by atoms with Gasteiger partial charge in [0.25, 0.3) is 0 Å². The van der Waals surface area contributed by atoms with Crippen LogP contribution >= 0.6 is 0 Å². The molecule has 2 amide bonds. The summed E-state index contributed by atoms with van der Waals surface area (Å²) in [6, 6.07) is 4.16. The second-order valence-electron chi connectivity index (χ2n) is 3.43. The van der Waals surface area contributed by atoms with Crippen molar-refractivity contribution >= 4 is 23.2 Å². The first-order chi connectivity index (χ1) is 7.41. The van der Waals surface area contributed by atoms with E-state index in [0.29, 0.717) is 5.69 Å². The monoisotopic (exact) mass is 224 g/mol. The van der Waals surface area contributed by atoms with Gasteiger partial charge in [0, 0.05) is 26.6 Å². The number of rotatable bonds is 2. The fourth-order valence-corrected chi connectivity index (χ4v) is 1.23. The Labute approximate surface area is 93.1 Å². The van der Waals surface area contributed by atoms with Crippen molar-refractivity contribution in [2.75, 3.05) is 17.3 Å². The van der Waals surface area contributed by atoms with E-state index in [1.165, 1.54) is 37.9 Å². The highest BCUT2D eigenvalue weighted by atomic mass is 19.1. The smallest absolute Gasteiger partial charge is 0.223 e. The molecular formula is C11H13FN2O2. The van der Waals surface area contributed by atoms with E-state index >= 15 is 0 Å². The Bertz CT molecular complexity index is 432. The largest absolute Gasteiger partial charge is 0.326 e. The van der Waals surface area contributed by atoms with E-state index in [9.17, 15) is 14.0 Å². The minimum atomic E-state index is -0.552. The van der Waals surface area contributed by atoms with Crippen LogP contribution in [0, 0.1) is 5.82 Å². The van der Waals surface area contributed by atoms with E-state index in [-0.39, 0.29) is 17.5 Å². The molecule has 0 spiro atoms. The van der Waals surface area contributed by atoms with E-state index in [1.807, 2.05) is 0 Å². The number of anilines is 2. The number of nitrogens with zero attached hydrogens (tertiary/aromatic N) is 1. The van der Waals surface area contributed by atoms with Crippen LogP contribution in [-0.2, 0) is 9.59 Å². The molecule has 0 saturated carbocycles. The molecule has 1 aromatic rings. The second-order valence-corrected chi connectivity index (χ2v) is 3.43. The van der Waals surface area contributed by atoms with Crippen LogP contribution in [0.3, 0.4) is 0 Å². The average Bonchev–Trinajstić information content (AvgIpc) is 2.15. The molecule has 5 heteroatoms. The lowest BCUT2D eigenvalue weighted by molar-refractivity contribution is -0.116. The molecular weight excluding hydrogens is 211 g/mol. The number of carbonyl (C=O) groups is 2. The van der Waals surface area contributed by atoms with E-state index in [2.05, 4.69) is 5.32 Å². The molecule has 0 aliphatic carbocycles. The molecule has 0 unspecified atom stereocenters. The number of hydrogen-bond donors (Lipinski definition) is 1. The third kappa shape index (κ3) is 2.79. The van der Waals surface area contributed by atoms with Gasteiger partial charge in [0.1, 0.15) is 5.82 Å². The zero-order chi connectivity index (χ0) is 12.3. The van der Waals surface area contributed by atoms with Crippen LogP contribution in [0.4, 0.5) is 15.8 Å². The van der Waals surface area contributed by atoms with E-state index < -0.39 is 5.82 Å². The number of benzene rings is 1. The van der Waals surface area contributed by atoms with Crippen molar-refractivity contribution in [1.29, 1.82) is 0 Å². The third-order valence-corrected chi connectivity index (χ3v) is 2.10. The standard InChI is InChI=1S/C11H13FN2O2/c1-7(15)13-9-4-5-11(10(12)6-9)14(3)8(2)16/h4-6H,1-3H3,(H,13,15). The second kappa shape index (κ2) is 4.74.